The molecule has 5 heteroatoms. The first kappa shape index (κ1) is 11.6. The first-order valence-corrected chi connectivity index (χ1v) is 5.92. The van der Waals surface area contributed by atoms with E-state index >= 15 is 0 Å². The molecule has 1 aromatic carbocycles. The summed E-state index contributed by atoms with van der Waals surface area (Å²) in [6, 6.07) is 3.49. The molecule has 86 valence electrons. The van der Waals surface area contributed by atoms with E-state index in [1.165, 1.54) is 0 Å². The molecule has 16 heavy (non-hydrogen) atoms. The first-order chi connectivity index (χ1) is 7.63. The Labute approximate surface area is 104 Å². The van der Waals surface area contributed by atoms with Crippen LogP contribution in [-0.4, -0.2) is 19.0 Å². The van der Waals surface area contributed by atoms with Crippen LogP contribution in [0.4, 0.5) is 11.4 Å². The van der Waals surface area contributed by atoms with Gasteiger partial charge in [0.15, 0.2) is 0 Å². The molecule has 0 radical (unpaired) electrons. The van der Waals surface area contributed by atoms with Crippen LogP contribution in [0.1, 0.15) is 13.3 Å². The van der Waals surface area contributed by atoms with Crippen LogP contribution in [0.2, 0.25) is 10.0 Å². The van der Waals surface area contributed by atoms with Crippen molar-refractivity contribution in [2.75, 3.05) is 23.3 Å². The number of nitrogens with zero attached hydrogens (tertiary/aromatic N) is 1. The van der Waals surface area contributed by atoms with Gasteiger partial charge in [-0.25, -0.2) is 0 Å². The number of amides is 1. The van der Waals surface area contributed by atoms with Gasteiger partial charge in [-0.05, 0) is 18.6 Å². The van der Waals surface area contributed by atoms with Gasteiger partial charge in [-0.2, -0.15) is 0 Å². The molecule has 1 aromatic rings. The first-order valence-electron chi connectivity index (χ1n) is 5.16. The predicted octanol–water partition coefficient (Wildman–Crippen LogP) is 3.16. The molecular weight excluding hydrogens is 247 g/mol. The van der Waals surface area contributed by atoms with Crippen molar-refractivity contribution in [3.63, 3.8) is 0 Å². The van der Waals surface area contributed by atoms with Crippen molar-refractivity contribution in [3.05, 3.63) is 22.2 Å². The van der Waals surface area contributed by atoms with Crippen LogP contribution >= 0.6 is 23.2 Å². The Balaban J connectivity index is 2.46. The third kappa shape index (κ3) is 1.97. The molecule has 0 saturated heterocycles. The molecule has 0 bridgehead atoms. The molecular formula is C11H12Cl2N2O. The molecule has 1 heterocycles. The van der Waals surface area contributed by atoms with Crippen LogP contribution in [0.15, 0.2) is 12.1 Å². The molecule has 1 N–H and O–H groups in total. The lowest BCUT2D eigenvalue weighted by molar-refractivity contribution is -0.117. The minimum Gasteiger partial charge on any atom is -0.374 e. The Morgan fingerprint density at radius 2 is 2.06 bits per heavy atom. The SMILES string of the molecule is CCCN1C(=O)CNc2cc(Cl)c(Cl)cc21. The number of benzene rings is 1. The topological polar surface area (TPSA) is 32.3 Å². The van der Waals surface area contributed by atoms with Crippen molar-refractivity contribution in [2.24, 2.45) is 0 Å². The van der Waals surface area contributed by atoms with E-state index in [1.54, 1.807) is 17.0 Å². The van der Waals surface area contributed by atoms with Gasteiger partial charge in [0.05, 0.1) is 28.0 Å². The van der Waals surface area contributed by atoms with E-state index in [1.807, 2.05) is 6.92 Å². The fourth-order valence-corrected chi connectivity index (χ4v) is 2.09. The summed E-state index contributed by atoms with van der Waals surface area (Å²) in [6.07, 6.45) is 0.908. The molecule has 1 aliphatic heterocycles. The minimum atomic E-state index is 0.0627. The summed E-state index contributed by atoms with van der Waals surface area (Å²) >= 11 is 11.9. The average Bonchev–Trinajstić information content (AvgIpc) is 2.25. The van der Waals surface area contributed by atoms with E-state index in [2.05, 4.69) is 5.32 Å². The summed E-state index contributed by atoms with van der Waals surface area (Å²) in [5.74, 6) is 0.0627. The maximum atomic E-state index is 11.7. The number of nitrogens with one attached hydrogen (secondary N) is 1. The van der Waals surface area contributed by atoms with Crippen molar-refractivity contribution in [3.8, 4) is 0 Å². The molecule has 1 amide bonds. The number of rotatable bonds is 2. The van der Waals surface area contributed by atoms with Crippen LogP contribution in [-0.2, 0) is 4.79 Å². The number of carbonyl (C=O) groups is 1. The zero-order chi connectivity index (χ0) is 11.7. The molecule has 3 nitrogen and oxygen atoms in total. The van der Waals surface area contributed by atoms with Gasteiger partial charge < -0.3 is 10.2 Å². The highest BCUT2D eigenvalue weighted by Crippen LogP contribution is 2.36. The Bertz CT molecular complexity index is 434. The van der Waals surface area contributed by atoms with Gasteiger partial charge in [0.25, 0.3) is 0 Å². The number of carbonyl (C=O) groups excluding carboxylic acids is 1. The van der Waals surface area contributed by atoms with Gasteiger partial charge in [0, 0.05) is 6.54 Å². The lowest BCUT2D eigenvalue weighted by atomic mass is 10.2. The lowest BCUT2D eigenvalue weighted by Crippen LogP contribution is -2.40. The summed E-state index contributed by atoms with van der Waals surface area (Å²) in [5.41, 5.74) is 1.68. The van der Waals surface area contributed by atoms with E-state index in [-0.39, 0.29) is 5.91 Å². The van der Waals surface area contributed by atoms with Crippen molar-refractivity contribution >= 4 is 40.5 Å². The van der Waals surface area contributed by atoms with Crippen LogP contribution in [0.3, 0.4) is 0 Å². The van der Waals surface area contributed by atoms with E-state index in [9.17, 15) is 4.79 Å². The normalized spacial score (nSPS) is 14.7. The smallest absolute Gasteiger partial charge is 0.246 e. The van der Waals surface area contributed by atoms with Crippen LogP contribution < -0.4 is 10.2 Å². The summed E-state index contributed by atoms with van der Waals surface area (Å²) in [7, 11) is 0. The van der Waals surface area contributed by atoms with Crippen molar-refractivity contribution in [2.45, 2.75) is 13.3 Å². The zero-order valence-corrected chi connectivity index (χ0v) is 10.4. The second kappa shape index (κ2) is 4.52. The Morgan fingerprint density at radius 1 is 1.38 bits per heavy atom. The van der Waals surface area contributed by atoms with E-state index in [4.69, 9.17) is 23.2 Å². The van der Waals surface area contributed by atoms with Gasteiger partial charge in [-0.3, -0.25) is 4.79 Å². The predicted molar refractivity (Wildman–Crippen MR) is 67.6 cm³/mol. The van der Waals surface area contributed by atoms with Gasteiger partial charge in [-0.15, -0.1) is 0 Å². The van der Waals surface area contributed by atoms with Crippen LogP contribution in [0, 0.1) is 0 Å². The van der Waals surface area contributed by atoms with Crippen molar-refractivity contribution in [1.29, 1.82) is 0 Å². The zero-order valence-electron chi connectivity index (χ0n) is 8.89. The van der Waals surface area contributed by atoms with Gasteiger partial charge in [0.1, 0.15) is 0 Å². The number of hydrogen-bond acceptors (Lipinski definition) is 2. The number of halogens is 2. The molecule has 0 saturated carbocycles. The molecule has 1 aliphatic rings. The third-order valence-electron chi connectivity index (χ3n) is 2.51. The molecule has 0 unspecified atom stereocenters. The van der Waals surface area contributed by atoms with Crippen molar-refractivity contribution in [1.82, 2.24) is 0 Å². The summed E-state index contributed by atoms with van der Waals surface area (Å²) in [6.45, 7) is 3.04. The standard InChI is InChI=1S/C11H12Cl2N2O/c1-2-3-15-10-5-8(13)7(12)4-9(10)14-6-11(15)16/h4-5,14H,2-3,6H2,1H3. The Kier molecular flexibility index (Phi) is 3.26. The molecule has 0 spiro atoms. The summed E-state index contributed by atoms with van der Waals surface area (Å²) in [5, 5.41) is 4.00. The lowest BCUT2D eigenvalue weighted by Gasteiger charge is -2.30. The second-order valence-corrected chi connectivity index (χ2v) is 4.50. The molecule has 0 aromatic heterocycles. The minimum absolute atomic E-state index is 0.0627. The maximum absolute atomic E-state index is 11.7. The van der Waals surface area contributed by atoms with Gasteiger partial charge in [0.2, 0.25) is 5.91 Å². The third-order valence-corrected chi connectivity index (χ3v) is 3.23. The van der Waals surface area contributed by atoms with E-state index < -0.39 is 0 Å². The largest absolute Gasteiger partial charge is 0.374 e. The Morgan fingerprint density at radius 3 is 2.75 bits per heavy atom. The molecule has 0 fully saturated rings. The summed E-state index contributed by atoms with van der Waals surface area (Å²) in [4.78, 5) is 13.5. The molecule has 2 rings (SSSR count). The highest BCUT2D eigenvalue weighted by Gasteiger charge is 2.24. The molecule has 0 atom stereocenters. The van der Waals surface area contributed by atoms with Crippen LogP contribution in [0.5, 0.6) is 0 Å². The molecule has 0 aliphatic carbocycles. The van der Waals surface area contributed by atoms with Gasteiger partial charge in [-0.1, -0.05) is 30.1 Å². The number of anilines is 2. The number of fused-ring (bicyclic) bond motifs is 1. The average molecular weight is 259 g/mol. The highest BCUT2D eigenvalue weighted by atomic mass is 35.5. The highest BCUT2D eigenvalue weighted by molar-refractivity contribution is 6.42. The fourth-order valence-electron chi connectivity index (χ4n) is 1.77. The number of hydrogen-bond donors (Lipinski definition) is 1. The monoisotopic (exact) mass is 258 g/mol. The Hall–Kier alpha value is -0.930. The summed E-state index contributed by atoms with van der Waals surface area (Å²) < 4.78 is 0. The van der Waals surface area contributed by atoms with Gasteiger partial charge >= 0.3 is 0 Å². The van der Waals surface area contributed by atoms with E-state index in [0.29, 0.717) is 23.1 Å². The quantitative estimate of drug-likeness (QED) is 0.884. The van der Waals surface area contributed by atoms with Crippen LogP contribution in [0.25, 0.3) is 0 Å². The van der Waals surface area contributed by atoms with E-state index in [0.717, 1.165) is 17.8 Å². The second-order valence-electron chi connectivity index (χ2n) is 3.68. The van der Waals surface area contributed by atoms with Crippen molar-refractivity contribution < 1.29 is 4.79 Å². The maximum Gasteiger partial charge on any atom is 0.246 e. The fraction of sp³-hybridized carbons (Fsp3) is 0.364.